The first-order chi connectivity index (χ1) is 7.74. The van der Waals surface area contributed by atoms with Crippen LogP contribution in [0.3, 0.4) is 0 Å². The van der Waals surface area contributed by atoms with E-state index in [0.29, 0.717) is 5.28 Å². The molecule has 1 aromatic carbocycles. The summed E-state index contributed by atoms with van der Waals surface area (Å²) >= 11 is 7.46. The van der Waals surface area contributed by atoms with Crippen LogP contribution in [-0.4, -0.2) is 9.97 Å². The average molecular weight is 251 g/mol. The molecule has 0 unspecified atom stereocenters. The van der Waals surface area contributed by atoms with E-state index in [4.69, 9.17) is 11.6 Å². The first kappa shape index (κ1) is 11.4. The Bertz CT molecular complexity index is 453. The van der Waals surface area contributed by atoms with Gasteiger partial charge >= 0.3 is 0 Å². The van der Waals surface area contributed by atoms with Crippen LogP contribution in [0, 0.1) is 6.92 Å². The SMILES string of the molecule is Cc1cc(SCc2ccccc2)nc(Cl)n1. The molecule has 2 rings (SSSR count). The van der Waals surface area contributed by atoms with Gasteiger partial charge in [-0.15, -0.1) is 11.8 Å². The zero-order valence-electron chi connectivity index (χ0n) is 8.85. The van der Waals surface area contributed by atoms with Crippen molar-refractivity contribution < 1.29 is 0 Å². The van der Waals surface area contributed by atoms with Crippen LogP contribution in [0.1, 0.15) is 11.3 Å². The zero-order valence-corrected chi connectivity index (χ0v) is 10.4. The van der Waals surface area contributed by atoms with E-state index in [1.807, 2.05) is 31.2 Å². The van der Waals surface area contributed by atoms with Gasteiger partial charge in [0.15, 0.2) is 0 Å². The van der Waals surface area contributed by atoms with Crippen molar-refractivity contribution in [3.05, 3.63) is 52.9 Å². The molecule has 0 saturated heterocycles. The Labute approximate surface area is 104 Å². The summed E-state index contributed by atoms with van der Waals surface area (Å²) in [6.45, 7) is 1.92. The average Bonchev–Trinajstić information content (AvgIpc) is 2.27. The molecule has 0 aliphatic heterocycles. The number of benzene rings is 1. The smallest absolute Gasteiger partial charge is 0.223 e. The van der Waals surface area contributed by atoms with Gasteiger partial charge in [-0.25, -0.2) is 9.97 Å². The molecular formula is C12H11ClN2S. The third kappa shape index (κ3) is 3.22. The third-order valence-electron chi connectivity index (χ3n) is 2.03. The highest BCUT2D eigenvalue weighted by Crippen LogP contribution is 2.22. The van der Waals surface area contributed by atoms with Crippen molar-refractivity contribution in [3.63, 3.8) is 0 Å². The monoisotopic (exact) mass is 250 g/mol. The summed E-state index contributed by atoms with van der Waals surface area (Å²) in [7, 11) is 0. The Hall–Kier alpha value is -1.06. The Kier molecular flexibility index (Phi) is 3.80. The standard InChI is InChI=1S/C12H11ClN2S/c1-9-7-11(15-12(13)14-9)16-8-10-5-3-2-4-6-10/h2-7H,8H2,1H3. The minimum absolute atomic E-state index is 0.315. The van der Waals surface area contributed by atoms with Crippen LogP contribution < -0.4 is 0 Å². The van der Waals surface area contributed by atoms with Gasteiger partial charge in [-0.05, 0) is 30.2 Å². The van der Waals surface area contributed by atoms with Gasteiger partial charge in [0.05, 0.1) is 0 Å². The normalized spacial score (nSPS) is 10.4. The maximum Gasteiger partial charge on any atom is 0.223 e. The number of aromatic nitrogens is 2. The molecule has 0 spiro atoms. The molecule has 82 valence electrons. The highest BCUT2D eigenvalue weighted by molar-refractivity contribution is 7.98. The van der Waals surface area contributed by atoms with Gasteiger partial charge in [-0.2, -0.15) is 0 Å². The fourth-order valence-electron chi connectivity index (χ4n) is 1.31. The van der Waals surface area contributed by atoms with Gasteiger partial charge in [0, 0.05) is 11.4 Å². The van der Waals surface area contributed by atoms with E-state index >= 15 is 0 Å². The molecule has 2 nitrogen and oxygen atoms in total. The number of halogens is 1. The largest absolute Gasteiger partial charge is 0.223 e. The summed E-state index contributed by atoms with van der Waals surface area (Å²) in [4.78, 5) is 8.20. The van der Waals surface area contributed by atoms with E-state index in [2.05, 4.69) is 22.1 Å². The van der Waals surface area contributed by atoms with Crippen LogP contribution in [0.2, 0.25) is 5.28 Å². The van der Waals surface area contributed by atoms with Gasteiger partial charge in [0.1, 0.15) is 5.03 Å². The number of aryl methyl sites for hydroxylation is 1. The van der Waals surface area contributed by atoms with Crippen molar-refractivity contribution in [3.8, 4) is 0 Å². The molecule has 16 heavy (non-hydrogen) atoms. The molecule has 0 amide bonds. The minimum Gasteiger partial charge on any atom is -0.223 e. The van der Waals surface area contributed by atoms with Gasteiger partial charge in [-0.3, -0.25) is 0 Å². The van der Waals surface area contributed by atoms with E-state index in [1.165, 1.54) is 5.56 Å². The van der Waals surface area contributed by atoms with E-state index in [9.17, 15) is 0 Å². The summed E-state index contributed by atoms with van der Waals surface area (Å²) < 4.78 is 0. The van der Waals surface area contributed by atoms with Crippen LogP contribution >= 0.6 is 23.4 Å². The maximum absolute atomic E-state index is 5.80. The first-order valence-corrected chi connectivity index (χ1v) is 6.28. The molecule has 0 atom stereocenters. The molecule has 4 heteroatoms. The number of hydrogen-bond acceptors (Lipinski definition) is 3. The van der Waals surface area contributed by atoms with Crippen molar-refractivity contribution in [2.45, 2.75) is 17.7 Å². The number of rotatable bonds is 3. The lowest BCUT2D eigenvalue weighted by Gasteiger charge is -2.02. The molecule has 0 saturated carbocycles. The molecule has 0 bridgehead atoms. The van der Waals surface area contributed by atoms with Gasteiger partial charge < -0.3 is 0 Å². The Morgan fingerprint density at radius 3 is 2.62 bits per heavy atom. The van der Waals surface area contributed by atoms with E-state index in [0.717, 1.165) is 16.5 Å². The van der Waals surface area contributed by atoms with Crippen LogP contribution in [0.5, 0.6) is 0 Å². The summed E-state index contributed by atoms with van der Waals surface area (Å²) in [5.41, 5.74) is 2.18. The molecule has 0 radical (unpaired) electrons. The molecule has 0 aliphatic carbocycles. The molecule has 1 aromatic heterocycles. The second kappa shape index (κ2) is 5.32. The van der Waals surface area contributed by atoms with E-state index in [-0.39, 0.29) is 0 Å². The van der Waals surface area contributed by atoms with E-state index in [1.54, 1.807) is 11.8 Å². The molecule has 0 N–H and O–H groups in total. The summed E-state index contributed by atoms with van der Waals surface area (Å²) in [5, 5.41) is 1.23. The fraction of sp³-hybridized carbons (Fsp3) is 0.167. The van der Waals surface area contributed by atoms with Crippen molar-refractivity contribution >= 4 is 23.4 Å². The maximum atomic E-state index is 5.80. The van der Waals surface area contributed by atoms with Crippen molar-refractivity contribution in [2.24, 2.45) is 0 Å². The molecule has 2 aromatic rings. The quantitative estimate of drug-likeness (QED) is 0.472. The summed E-state index contributed by atoms with van der Waals surface area (Å²) in [6, 6.07) is 12.2. The first-order valence-electron chi connectivity index (χ1n) is 4.92. The lowest BCUT2D eigenvalue weighted by atomic mass is 10.2. The topological polar surface area (TPSA) is 25.8 Å². The van der Waals surface area contributed by atoms with Gasteiger partial charge in [0.25, 0.3) is 0 Å². The Balaban J connectivity index is 2.05. The molecule has 0 fully saturated rings. The van der Waals surface area contributed by atoms with Crippen LogP contribution in [-0.2, 0) is 5.75 Å². The number of thioether (sulfide) groups is 1. The van der Waals surface area contributed by atoms with Crippen molar-refractivity contribution in [2.75, 3.05) is 0 Å². The van der Waals surface area contributed by atoms with E-state index < -0.39 is 0 Å². The predicted molar refractivity (Wildman–Crippen MR) is 67.8 cm³/mol. The van der Waals surface area contributed by atoms with Gasteiger partial charge in [-0.1, -0.05) is 30.3 Å². The van der Waals surface area contributed by atoms with Crippen molar-refractivity contribution in [1.82, 2.24) is 9.97 Å². The van der Waals surface area contributed by atoms with Crippen LogP contribution in [0.4, 0.5) is 0 Å². The predicted octanol–water partition coefficient (Wildman–Crippen LogP) is 3.73. The molecule has 0 aliphatic rings. The second-order valence-electron chi connectivity index (χ2n) is 3.39. The Morgan fingerprint density at radius 1 is 1.19 bits per heavy atom. The Morgan fingerprint density at radius 2 is 1.94 bits per heavy atom. The lowest BCUT2D eigenvalue weighted by Crippen LogP contribution is -1.89. The number of hydrogen-bond donors (Lipinski definition) is 0. The minimum atomic E-state index is 0.315. The third-order valence-corrected chi connectivity index (χ3v) is 3.18. The number of nitrogens with zero attached hydrogens (tertiary/aromatic N) is 2. The summed E-state index contributed by atoms with van der Waals surface area (Å²) in [6.07, 6.45) is 0. The molecule has 1 heterocycles. The molecular weight excluding hydrogens is 240 g/mol. The van der Waals surface area contributed by atoms with Gasteiger partial charge in [0.2, 0.25) is 5.28 Å². The lowest BCUT2D eigenvalue weighted by molar-refractivity contribution is 1.01. The van der Waals surface area contributed by atoms with Crippen LogP contribution in [0.15, 0.2) is 41.4 Å². The highest BCUT2D eigenvalue weighted by atomic mass is 35.5. The van der Waals surface area contributed by atoms with Crippen molar-refractivity contribution in [1.29, 1.82) is 0 Å². The van der Waals surface area contributed by atoms with Crippen LogP contribution in [0.25, 0.3) is 0 Å². The second-order valence-corrected chi connectivity index (χ2v) is 4.72. The highest BCUT2D eigenvalue weighted by Gasteiger charge is 2.01. The zero-order chi connectivity index (χ0) is 11.4. The fourth-order valence-corrected chi connectivity index (χ4v) is 2.50. The summed E-state index contributed by atoms with van der Waals surface area (Å²) in [5.74, 6) is 0.896.